The van der Waals surface area contributed by atoms with Crippen molar-refractivity contribution in [2.45, 2.75) is 37.7 Å². The molecule has 4 nitrogen and oxygen atoms in total. The number of amides is 1. The van der Waals surface area contributed by atoms with Crippen LogP contribution in [0.3, 0.4) is 0 Å². The van der Waals surface area contributed by atoms with Crippen LogP contribution in [0.4, 0.5) is 0 Å². The molecule has 0 unspecified atom stereocenters. The van der Waals surface area contributed by atoms with E-state index < -0.39 is 0 Å². The van der Waals surface area contributed by atoms with Crippen molar-refractivity contribution in [2.75, 3.05) is 12.9 Å². The van der Waals surface area contributed by atoms with E-state index in [1.165, 1.54) is 0 Å². The van der Waals surface area contributed by atoms with Crippen LogP contribution >= 0.6 is 23.4 Å². The Morgan fingerprint density at radius 2 is 2.04 bits per heavy atom. The van der Waals surface area contributed by atoms with Crippen molar-refractivity contribution in [3.05, 3.63) is 58.6 Å². The molecule has 1 heterocycles. The molecule has 1 aliphatic rings. The molecule has 0 spiro atoms. The molecule has 1 amide bonds. The summed E-state index contributed by atoms with van der Waals surface area (Å²) in [6, 6.07) is 13.3. The molecule has 0 saturated carbocycles. The first-order valence-electron chi connectivity index (χ1n) is 8.85. The molecule has 27 heavy (non-hydrogen) atoms. The highest BCUT2D eigenvalue weighted by Crippen LogP contribution is 2.41. The Balaban J connectivity index is 1.62. The van der Waals surface area contributed by atoms with Crippen LogP contribution in [0.15, 0.2) is 42.5 Å². The molecule has 2 aromatic carbocycles. The lowest BCUT2D eigenvalue weighted by Gasteiger charge is -2.38. The predicted molar refractivity (Wildman–Crippen MR) is 111 cm³/mol. The van der Waals surface area contributed by atoms with Crippen LogP contribution in [0.25, 0.3) is 0 Å². The van der Waals surface area contributed by atoms with Crippen LogP contribution in [0.5, 0.6) is 11.5 Å². The number of nitrogens with one attached hydrogen (secondary N) is 1. The van der Waals surface area contributed by atoms with Gasteiger partial charge in [0.25, 0.3) is 0 Å². The lowest BCUT2D eigenvalue weighted by atomic mass is 9.89. The first-order valence-corrected chi connectivity index (χ1v) is 10.4. The zero-order chi connectivity index (χ0) is 19.4. The van der Waals surface area contributed by atoms with Gasteiger partial charge < -0.3 is 14.8 Å². The van der Waals surface area contributed by atoms with Crippen LogP contribution in [-0.2, 0) is 10.5 Å². The molecule has 0 aliphatic carbocycles. The largest absolute Gasteiger partial charge is 0.497 e. The molecule has 0 saturated heterocycles. The summed E-state index contributed by atoms with van der Waals surface area (Å²) in [5, 5.41) is 3.88. The van der Waals surface area contributed by atoms with E-state index in [1.54, 1.807) is 18.9 Å². The minimum absolute atomic E-state index is 0.0189. The third-order valence-electron chi connectivity index (χ3n) is 4.42. The molecular formula is C21H24ClNO3S. The number of ether oxygens (including phenoxy) is 2. The molecule has 0 bridgehead atoms. The number of benzene rings is 2. The first-order chi connectivity index (χ1) is 12.9. The van der Waals surface area contributed by atoms with Crippen LogP contribution in [0, 0.1) is 0 Å². The summed E-state index contributed by atoms with van der Waals surface area (Å²) in [5.74, 6) is 2.75. The predicted octanol–water partition coefficient (Wildman–Crippen LogP) is 5.00. The molecule has 0 aromatic heterocycles. The lowest BCUT2D eigenvalue weighted by Crippen LogP contribution is -2.41. The molecule has 1 aliphatic heterocycles. The summed E-state index contributed by atoms with van der Waals surface area (Å²) in [6.45, 7) is 4.07. The quantitative estimate of drug-likeness (QED) is 0.734. The molecule has 1 N–H and O–H groups in total. The second-order valence-electron chi connectivity index (χ2n) is 7.21. The standard InChI is InChI=1S/C21H24ClNO3S/c1-21(2)11-18(17-10-16(25-3)8-9-19(17)26-21)23-20(24)13-27-12-14-4-6-15(22)7-5-14/h4-10,18H,11-13H2,1-3H3,(H,23,24)/t18-/m1/s1. The maximum Gasteiger partial charge on any atom is 0.230 e. The van der Waals surface area contributed by atoms with E-state index in [2.05, 4.69) is 5.32 Å². The van der Waals surface area contributed by atoms with E-state index in [4.69, 9.17) is 21.1 Å². The van der Waals surface area contributed by atoms with Crippen LogP contribution < -0.4 is 14.8 Å². The van der Waals surface area contributed by atoms with Crippen LogP contribution in [-0.4, -0.2) is 24.4 Å². The molecule has 0 fully saturated rings. The van der Waals surface area contributed by atoms with Gasteiger partial charge in [0.1, 0.15) is 17.1 Å². The van der Waals surface area contributed by atoms with Crippen molar-refractivity contribution in [1.29, 1.82) is 0 Å². The first kappa shape index (κ1) is 19.9. The monoisotopic (exact) mass is 405 g/mol. The Labute approximate surface area is 169 Å². The maximum atomic E-state index is 12.5. The minimum Gasteiger partial charge on any atom is -0.497 e. The highest BCUT2D eigenvalue weighted by molar-refractivity contribution is 7.99. The number of hydrogen-bond donors (Lipinski definition) is 1. The van der Waals surface area contributed by atoms with Crippen molar-refractivity contribution in [3.8, 4) is 11.5 Å². The van der Waals surface area contributed by atoms with Gasteiger partial charge in [-0.25, -0.2) is 0 Å². The lowest BCUT2D eigenvalue weighted by molar-refractivity contribution is -0.119. The van der Waals surface area contributed by atoms with Gasteiger partial charge in [0.2, 0.25) is 5.91 Å². The summed E-state index contributed by atoms with van der Waals surface area (Å²) >= 11 is 7.49. The Kier molecular flexibility index (Phi) is 6.22. The molecule has 1 atom stereocenters. The van der Waals surface area contributed by atoms with E-state index in [9.17, 15) is 4.79 Å². The molecular weight excluding hydrogens is 382 g/mol. The van der Waals surface area contributed by atoms with Crippen molar-refractivity contribution < 1.29 is 14.3 Å². The zero-order valence-electron chi connectivity index (χ0n) is 15.8. The van der Waals surface area contributed by atoms with Gasteiger partial charge >= 0.3 is 0 Å². The zero-order valence-corrected chi connectivity index (χ0v) is 17.3. The second kappa shape index (κ2) is 8.44. The van der Waals surface area contributed by atoms with Crippen molar-refractivity contribution in [3.63, 3.8) is 0 Å². The Morgan fingerprint density at radius 1 is 1.30 bits per heavy atom. The molecule has 144 valence electrons. The number of rotatable bonds is 6. The fourth-order valence-electron chi connectivity index (χ4n) is 3.17. The summed E-state index contributed by atoms with van der Waals surface area (Å²) in [7, 11) is 1.64. The molecule has 3 rings (SSSR count). The topological polar surface area (TPSA) is 47.6 Å². The Hall–Kier alpha value is -1.85. The summed E-state index contributed by atoms with van der Waals surface area (Å²) in [5.41, 5.74) is 1.78. The number of hydrogen-bond acceptors (Lipinski definition) is 4. The van der Waals surface area contributed by atoms with Gasteiger partial charge in [-0.05, 0) is 49.7 Å². The molecule has 0 radical (unpaired) electrons. The van der Waals surface area contributed by atoms with E-state index in [-0.39, 0.29) is 17.6 Å². The molecule has 6 heteroatoms. The highest BCUT2D eigenvalue weighted by atomic mass is 35.5. The third kappa shape index (κ3) is 5.33. The van der Waals surface area contributed by atoms with E-state index >= 15 is 0 Å². The van der Waals surface area contributed by atoms with Gasteiger partial charge in [0.15, 0.2) is 0 Å². The van der Waals surface area contributed by atoms with Gasteiger partial charge in [-0.3, -0.25) is 4.79 Å². The SMILES string of the molecule is COc1ccc2c(c1)[C@H](NC(=O)CSCc1ccc(Cl)cc1)CC(C)(C)O2. The van der Waals surface area contributed by atoms with Gasteiger partial charge in [-0.2, -0.15) is 0 Å². The van der Waals surface area contributed by atoms with Gasteiger partial charge in [0.05, 0.1) is 18.9 Å². The number of carbonyl (C=O) groups is 1. The van der Waals surface area contributed by atoms with Gasteiger partial charge in [-0.1, -0.05) is 23.7 Å². The van der Waals surface area contributed by atoms with E-state index in [0.29, 0.717) is 12.2 Å². The fraction of sp³-hybridized carbons (Fsp3) is 0.381. The van der Waals surface area contributed by atoms with Crippen LogP contribution in [0.2, 0.25) is 5.02 Å². The summed E-state index contributed by atoms with van der Waals surface area (Å²) in [4.78, 5) is 12.5. The number of methoxy groups -OCH3 is 1. The average molecular weight is 406 g/mol. The highest BCUT2D eigenvalue weighted by Gasteiger charge is 2.34. The molecule has 2 aromatic rings. The average Bonchev–Trinajstić information content (AvgIpc) is 2.62. The van der Waals surface area contributed by atoms with Gasteiger partial charge in [0, 0.05) is 22.8 Å². The fourth-order valence-corrected chi connectivity index (χ4v) is 4.09. The Morgan fingerprint density at radius 3 is 2.74 bits per heavy atom. The number of fused-ring (bicyclic) bond motifs is 1. The third-order valence-corrected chi connectivity index (χ3v) is 5.68. The smallest absolute Gasteiger partial charge is 0.230 e. The van der Waals surface area contributed by atoms with Crippen molar-refractivity contribution in [2.24, 2.45) is 0 Å². The van der Waals surface area contributed by atoms with Gasteiger partial charge in [-0.15, -0.1) is 11.8 Å². The number of halogens is 1. The number of carbonyl (C=O) groups excluding carboxylic acids is 1. The van der Waals surface area contributed by atoms with E-state index in [1.807, 2.05) is 56.3 Å². The number of thioether (sulfide) groups is 1. The Bertz CT molecular complexity index is 808. The van der Waals surface area contributed by atoms with Crippen LogP contribution in [0.1, 0.15) is 37.4 Å². The maximum absolute atomic E-state index is 12.5. The summed E-state index contributed by atoms with van der Waals surface area (Å²) < 4.78 is 11.4. The summed E-state index contributed by atoms with van der Waals surface area (Å²) in [6.07, 6.45) is 0.709. The van der Waals surface area contributed by atoms with Crippen molar-refractivity contribution >= 4 is 29.3 Å². The second-order valence-corrected chi connectivity index (χ2v) is 8.63. The normalized spacial score (nSPS) is 17.6. The van der Waals surface area contributed by atoms with E-state index in [0.717, 1.165) is 33.4 Å². The van der Waals surface area contributed by atoms with Crippen molar-refractivity contribution in [1.82, 2.24) is 5.32 Å². The minimum atomic E-state index is -0.337.